The average molecular weight is 495 g/mol. The van der Waals surface area contributed by atoms with Gasteiger partial charge in [0.05, 0.1) is 5.56 Å². The molecule has 0 saturated heterocycles. The fraction of sp³-hybridized carbons (Fsp3) is 0.455. The van der Waals surface area contributed by atoms with Gasteiger partial charge < -0.3 is 9.47 Å². The van der Waals surface area contributed by atoms with Crippen LogP contribution in [0.15, 0.2) is 66.2 Å². The summed E-state index contributed by atoms with van der Waals surface area (Å²) >= 11 is 0. The third-order valence-corrected chi connectivity index (χ3v) is 9.99. The molecule has 190 valence electrons. The van der Waals surface area contributed by atoms with Crippen molar-refractivity contribution in [3.05, 3.63) is 71.8 Å². The average Bonchev–Trinajstić information content (AvgIpc) is 3.21. The molecule has 6 atom stereocenters. The van der Waals surface area contributed by atoms with E-state index in [9.17, 15) is 9.59 Å². The van der Waals surface area contributed by atoms with Crippen molar-refractivity contribution in [2.24, 2.45) is 29.1 Å². The number of rotatable bonds is 4. The molecule has 4 nitrogen and oxygen atoms in total. The molecular formula is C33H34O4. The zero-order valence-electron chi connectivity index (χ0n) is 21.5. The van der Waals surface area contributed by atoms with Gasteiger partial charge in [-0.1, -0.05) is 36.6 Å². The smallest absolute Gasteiger partial charge is 0.339 e. The zero-order chi connectivity index (χ0) is 25.6. The largest absolute Gasteiger partial charge is 0.457 e. The lowest BCUT2D eigenvalue weighted by Gasteiger charge is -2.55. The molecule has 0 amide bonds. The normalized spacial score (nSPS) is 34.3. The Morgan fingerprint density at radius 3 is 2.43 bits per heavy atom. The predicted octanol–water partition coefficient (Wildman–Crippen LogP) is 7.15. The highest BCUT2D eigenvalue weighted by molar-refractivity contribution is 5.91. The fourth-order valence-corrected chi connectivity index (χ4v) is 8.11. The molecule has 37 heavy (non-hydrogen) atoms. The highest BCUT2D eigenvalue weighted by atomic mass is 16.6. The Balaban J connectivity index is 1.19. The SMILES string of the molecule is C#C[C@]1(OC(=O)c2ccc(Oc3ccccc3)cc2)CC[C@H]2[C@@H]3CCC4=CC(=O)CC[C@@H]4[C@H]3CC[C@@]21C. The highest BCUT2D eigenvalue weighted by Crippen LogP contribution is 2.65. The van der Waals surface area contributed by atoms with E-state index in [1.165, 1.54) is 5.57 Å². The van der Waals surface area contributed by atoms with Gasteiger partial charge in [0.1, 0.15) is 11.5 Å². The molecule has 2 aromatic rings. The molecule has 4 aliphatic rings. The quantitative estimate of drug-likeness (QED) is 0.335. The lowest BCUT2D eigenvalue weighted by Crippen LogP contribution is -2.53. The van der Waals surface area contributed by atoms with Crippen LogP contribution < -0.4 is 4.74 Å². The summed E-state index contributed by atoms with van der Waals surface area (Å²) in [5.41, 5.74) is 0.738. The summed E-state index contributed by atoms with van der Waals surface area (Å²) in [6, 6.07) is 16.6. The monoisotopic (exact) mass is 494 g/mol. The van der Waals surface area contributed by atoms with Crippen molar-refractivity contribution >= 4 is 11.8 Å². The van der Waals surface area contributed by atoms with Gasteiger partial charge >= 0.3 is 5.97 Å². The number of benzene rings is 2. The third kappa shape index (κ3) is 4.00. The van der Waals surface area contributed by atoms with Crippen LogP contribution >= 0.6 is 0 Å². The van der Waals surface area contributed by atoms with E-state index in [0.29, 0.717) is 53.6 Å². The Kier molecular flexibility index (Phi) is 5.98. The minimum Gasteiger partial charge on any atom is -0.457 e. The summed E-state index contributed by atoms with van der Waals surface area (Å²) in [6.07, 6.45) is 15.7. The predicted molar refractivity (Wildman–Crippen MR) is 142 cm³/mol. The van der Waals surface area contributed by atoms with Gasteiger partial charge in [0.25, 0.3) is 0 Å². The maximum atomic E-state index is 13.4. The maximum Gasteiger partial charge on any atom is 0.339 e. The van der Waals surface area contributed by atoms with Crippen molar-refractivity contribution in [1.82, 2.24) is 0 Å². The van der Waals surface area contributed by atoms with Crippen molar-refractivity contribution in [2.75, 3.05) is 0 Å². The Morgan fingerprint density at radius 2 is 1.68 bits per heavy atom. The van der Waals surface area contributed by atoms with Crippen LogP contribution in [-0.4, -0.2) is 17.4 Å². The van der Waals surface area contributed by atoms with Gasteiger partial charge in [-0.25, -0.2) is 4.79 Å². The second kappa shape index (κ2) is 9.21. The summed E-state index contributed by atoms with van der Waals surface area (Å²) in [5.74, 6) is 6.51. The molecule has 0 unspecified atom stereocenters. The second-order valence-corrected chi connectivity index (χ2v) is 11.6. The van der Waals surface area contributed by atoms with Crippen LogP contribution in [0.25, 0.3) is 0 Å². The van der Waals surface area contributed by atoms with Gasteiger partial charge in [-0.2, -0.15) is 0 Å². The lowest BCUT2D eigenvalue weighted by atomic mass is 9.50. The Morgan fingerprint density at radius 1 is 0.919 bits per heavy atom. The van der Waals surface area contributed by atoms with E-state index in [4.69, 9.17) is 15.9 Å². The lowest BCUT2D eigenvalue weighted by molar-refractivity contribution is -0.116. The molecule has 0 bridgehead atoms. The molecule has 6 rings (SSSR count). The number of para-hydroxylation sites is 1. The Labute approximate surface area is 219 Å². The molecule has 0 spiro atoms. The minimum atomic E-state index is -0.891. The van der Waals surface area contributed by atoms with E-state index in [0.717, 1.165) is 44.3 Å². The van der Waals surface area contributed by atoms with Crippen molar-refractivity contribution in [3.63, 3.8) is 0 Å². The second-order valence-electron chi connectivity index (χ2n) is 11.6. The summed E-state index contributed by atoms with van der Waals surface area (Å²) in [6.45, 7) is 2.26. The molecule has 0 aromatic heterocycles. The van der Waals surface area contributed by atoms with Crippen molar-refractivity contribution in [1.29, 1.82) is 0 Å². The molecule has 4 aliphatic carbocycles. The first-order chi connectivity index (χ1) is 17.9. The van der Waals surface area contributed by atoms with E-state index >= 15 is 0 Å². The molecule has 4 heteroatoms. The number of fused-ring (bicyclic) bond motifs is 5. The number of hydrogen-bond acceptors (Lipinski definition) is 4. The van der Waals surface area contributed by atoms with Gasteiger partial charge in [0.15, 0.2) is 11.4 Å². The molecule has 0 heterocycles. The van der Waals surface area contributed by atoms with Crippen molar-refractivity contribution in [3.8, 4) is 23.8 Å². The van der Waals surface area contributed by atoms with Crippen LogP contribution in [0.2, 0.25) is 0 Å². The van der Waals surface area contributed by atoms with Crippen molar-refractivity contribution in [2.45, 2.75) is 63.9 Å². The van der Waals surface area contributed by atoms with Gasteiger partial charge in [0.2, 0.25) is 0 Å². The van der Waals surface area contributed by atoms with E-state index in [2.05, 4.69) is 12.8 Å². The van der Waals surface area contributed by atoms with Gasteiger partial charge in [-0.15, -0.1) is 6.42 Å². The number of ketones is 1. The van der Waals surface area contributed by atoms with E-state index in [-0.39, 0.29) is 11.4 Å². The number of carbonyl (C=O) groups excluding carboxylic acids is 2. The number of hydrogen-bond donors (Lipinski definition) is 0. The summed E-state index contributed by atoms with van der Waals surface area (Å²) in [7, 11) is 0. The summed E-state index contributed by atoms with van der Waals surface area (Å²) < 4.78 is 12.2. The van der Waals surface area contributed by atoms with Crippen LogP contribution in [0.5, 0.6) is 11.5 Å². The number of ether oxygens (including phenoxy) is 2. The highest BCUT2D eigenvalue weighted by Gasteiger charge is 2.64. The standard InChI is InChI=1S/C33H34O4/c1-3-33(37-31(35)22-9-13-26(14-10-22)36-25-7-5-4-6-8-25)20-18-30-29-15-11-23-21-24(34)12-16-27(23)28(29)17-19-32(30,33)2/h1,4-10,13-14,21,27-30H,11-12,15-20H2,2H3/t27-,28+,29+,30-,32-,33-/m0/s1. The first kappa shape index (κ1) is 24.0. The molecule has 0 aliphatic heterocycles. The van der Waals surface area contributed by atoms with Crippen molar-refractivity contribution < 1.29 is 19.1 Å². The fourth-order valence-electron chi connectivity index (χ4n) is 8.11. The van der Waals surface area contributed by atoms with Crippen LogP contribution in [0.3, 0.4) is 0 Å². The third-order valence-electron chi connectivity index (χ3n) is 9.99. The molecule has 0 radical (unpaired) electrons. The topological polar surface area (TPSA) is 52.6 Å². The summed E-state index contributed by atoms with van der Waals surface area (Å²) in [5, 5.41) is 0. The van der Waals surface area contributed by atoms with Crippen LogP contribution in [0.1, 0.15) is 68.6 Å². The number of terminal acetylenes is 1. The van der Waals surface area contributed by atoms with Gasteiger partial charge in [0, 0.05) is 11.8 Å². The summed E-state index contributed by atoms with van der Waals surface area (Å²) in [4.78, 5) is 25.4. The molecular weight excluding hydrogens is 460 g/mol. The number of esters is 1. The first-order valence-corrected chi connectivity index (χ1v) is 13.7. The van der Waals surface area contributed by atoms with Crippen LogP contribution in [-0.2, 0) is 9.53 Å². The molecule has 0 N–H and O–H groups in total. The zero-order valence-corrected chi connectivity index (χ0v) is 21.5. The van der Waals surface area contributed by atoms with E-state index in [1.807, 2.05) is 36.4 Å². The molecule has 3 fully saturated rings. The number of allylic oxidation sites excluding steroid dienone is 1. The van der Waals surface area contributed by atoms with E-state index < -0.39 is 5.60 Å². The first-order valence-electron chi connectivity index (χ1n) is 13.7. The molecule has 3 saturated carbocycles. The van der Waals surface area contributed by atoms with Crippen LogP contribution in [0.4, 0.5) is 0 Å². The Hall–Kier alpha value is -3.32. The van der Waals surface area contributed by atoms with E-state index in [1.54, 1.807) is 24.3 Å². The molecule has 2 aromatic carbocycles. The Bertz CT molecular complexity index is 1270. The number of carbonyl (C=O) groups is 2. The van der Waals surface area contributed by atoms with Crippen LogP contribution in [0, 0.1) is 41.4 Å². The van der Waals surface area contributed by atoms with Gasteiger partial charge in [-0.3, -0.25) is 4.79 Å². The van der Waals surface area contributed by atoms with Gasteiger partial charge in [-0.05, 0) is 111 Å². The maximum absolute atomic E-state index is 13.4. The minimum absolute atomic E-state index is 0.235.